The molecule has 0 saturated heterocycles. The van der Waals surface area contributed by atoms with Crippen LogP contribution in [0.3, 0.4) is 0 Å². The molecule has 5 rings (SSSR count). The van der Waals surface area contributed by atoms with Crippen molar-refractivity contribution >= 4 is 28.5 Å². The summed E-state index contributed by atoms with van der Waals surface area (Å²) >= 11 is 0. The molecule has 2 N–H and O–H groups in total. The van der Waals surface area contributed by atoms with Gasteiger partial charge >= 0.3 is 0 Å². The van der Waals surface area contributed by atoms with Crippen LogP contribution in [-0.4, -0.2) is 18.4 Å². The standard InChI is InChI=1S/C26H19FN2O5/c1-14-2-7-17(8-3-14)29-23(15-4-9-18(10-5-15)33-13-21(28)30)22-24(31)19-12-16(27)6-11-20(19)34-25(22)26(29)32/h2-12,23H,13H2,1H3,(H2,28,30). The van der Waals surface area contributed by atoms with Crippen LogP contribution in [0.1, 0.15) is 33.3 Å². The van der Waals surface area contributed by atoms with E-state index in [0.29, 0.717) is 17.0 Å². The third-order valence-corrected chi connectivity index (χ3v) is 5.72. The molecule has 7 nitrogen and oxygen atoms in total. The van der Waals surface area contributed by atoms with E-state index in [1.807, 2.05) is 19.1 Å². The molecule has 1 aromatic heterocycles. The average molecular weight is 458 g/mol. The number of hydrogen-bond acceptors (Lipinski definition) is 5. The number of fused-ring (bicyclic) bond motifs is 2. The van der Waals surface area contributed by atoms with Gasteiger partial charge in [0.15, 0.2) is 12.0 Å². The van der Waals surface area contributed by atoms with Crippen molar-refractivity contribution in [3.63, 3.8) is 0 Å². The predicted octanol–water partition coefficient (Wildman–Crippen LogP) is 3.85. The number of nitrogens with two attached hydrogens (primary N) is 1. The van der Waals surface area contributed by atoms with Crippen molar-refractivity contribution in [1.82, 2.24) is 0 Å². The molecule has 8 heteroatoms. The molecule has 0 saturated carbocycles. The molecule has 0 fully saturated rings. The van der Waals surface area contributed by atoms with Crippen LogP contribution in [0.25, 0.3) is 11.0 Å². The van der Waals surface area contributed by atoms with Crippen LogP contribution < -0.4 is 20.8 Å². The molecule has 0 spiro atoms. The minimum absolute atomic E-state index is 0.0590. The number of halogens is 1. The van der Waals surface area contributed by atoms with Crippen molar-refractivity contribution < 1.29 is 23.1 Å². The molecule has 1 unspecified atom stereocenters. The molecule has 1 aliphatic heterocycles. The molecule has 0 aliphatic carbocycles. The van der Waals surface area contributed by atoms with Crippen molar-refractivity contribution in [3.05, 3.63) is 105 Å². The van der Waals surface area contributed by atoms with Gasteiger partial charge in [0, 0.05) is 5.69 Å². The number of hydrogen-bond donors (Lipinski definition) is 1. The molecule has 170 valence electrons. The minimum atomic E-state index is -0.806. The molecule has 4 aromatic rings. The van der Waals surface area contributed by atoms with Gasteiger partial charge < -0.3 is 14.9 Å². The number of carbonyl (C=O) groups is 2. The highest BCUT2D eigenvalue weighted by molar-refractivity contribution is 6.10. The van der Waals surface area contributed by atoms with E-state index in [-0.39, 0.29) is 28.9 Å². The molecule has 34 heavy (non-hydrogen) atoms. The van der Waals surface area contributed by atoms with E-state index in [0.717, 1.165) is 11.6 Å². The van der Waals surface area contributed by atoms with E-state index < -0.39 is 29.1 Å². The van der Waals surface area contributed by atoms with Crippen LogP contribution in [0.5, 0.6) is 5.75 Å². The zero-order valence-corrected chi connectivity index (χ0v) is 18.1. The maximum Gasteiger partial charge on any atom is 0.295 e. The normalized spacial score (nSPS) is 14.9. The second-order valence-corrected chi connectivity index (χ2v) is 8.05. The predicted molar refractivity (Wildman–Crippen MR) is 123 cm³/mol. The van der Waals surface area contributed by atoms with Crippen molar-refractivity contribution in [2.45, 2.75) is 13.0 Å². The number of carbonyl (C=O) groups excluding carboxylic acids is 2. The molecule has 0 radical (unpaired) electrons. The van der Waals surface area contributed by atoms with Gasteiger partial charge in [0.2, 0.25) is 5.76 Å². The number of nitrogens with zero attached hydrogens (tertiary/aromatic N) is 1. The first-order valence-electron chi connectivity index (χ1n) is 10.5. The second kappa shape index (κ2) is 8.15. The lowest BCUT2D eigenvalue weighted by molar-refractivity contribution is -0.119. The summed E-state index contributed by atoms with van der Waals surface area (Å²) < 4.78 is 25.1. The van der Waals surface area contributed by atoms with Crippen LogP contribution in [0.4, 0.5) is 10.1 Å². The molecule has 1 aliphatic rings. The van der Waals surface area contributed by atoms with E-state index in [4.69, 9.17) is 14.9 Å². The van der Waals surface area contributed by atoms with Crippen LogP contribution in [-0.2, 0) is 4.79 Å². The van der Waals surface area contributed by atoms with E-state index in [9.17, 15) is 18.8 Å². The van der Waals surface area contributed by atoms with Gasteiger partial charge in [0.05, 0.1) is 17.0 Å². The summed E-state index contributed by atoms with van der Waals surface area (Å²) in [6.45, 7) is 1.65. The number of amides is 2. The zero-order valence-electron chi connectivity index (χ0n) is 18.1. The summed E-state index contributed by atoms with van der Waals surface area (Å²) in [5.41, 5.74) is 7.12. The van der Waals surface area contributed by atoms with Crippen LogP contribution >= 0.6 is 0 Å². The lowest BCUT2D eigenvalue weighted by Crippen LogP contribution is -2.29. The van der Waals surface area contributed by atoms with E-state index in [2.05, 4.69) is 0 Å². The summed E-state index contributed by atoms with van der Waals surface area (Å²) in [6, 6.07) is 16.8. The Hall–Kier alpha value is -4.46. The Morgan fingerprint density at radius 1 is 1.06 bits per heavy atom. The van der Waals surface area contributed by atoms with Gasteiger partial charge in [-0.2, -0.15) is 0 Å². The molecule has 1 atom stereocenters. The fourth-order valence-corrected chi connectivity index (χ4v) is 4.13. The summed E-state index contributed by atoms with van der Waals surface area (Å²) in [4.78, 5) is 39.5. The highest BCUT2D eigenvalue weighted by atomic mass is 19.1. The molecular formula is C26H19FN2O5. The summed E-state index contributed by atoms with van der Waals surface area (Å²) in [6.07, 6.45) is 0. The molecule has 2 amide bonds. The molecule has 0 bridgehead atoms. The third kappa shape index (κ3) is 3.59. The Bertz CT molecular complexity index is 1490. The Morgan fingerprint density at radius 2 is 1.76 bits per heavy atom. The van der Waals surface area contributed by atoms with E-state index >= 15 is 0 Å². The lowest BCUT2D eigenvalue weighted by Gasteiger charge is -2.25. The SMILES string of the molecule is Cc1ccc(N2C(=O)c3oc4ccc(F)cc4c(=O)c3C2c2ccc(OCC(N)=O)cc2)cc1. The van der Waals surface area contributed by atoms with E-state index in [1.54, 1.807) is 36.4 Å². The quantitative estimate of drug-likeness (QED) is 0.489. The van der Waals surface area contributed by atoms with Gasteiger partial charge in [-0.25, -0.2) is 4.39 Å². The fraction of sp³-hybridized carbons (Fsp3) is 0.115. The largest absolute Gasteiger partial charge is 0.484 e. The topological polar surface area (TPSA) is 103 Å². The molecule has 3 aromatic carbocycles. The van der Waals surface area contributed by atoms with Gasteiger partial charge in [-0.15, -0.1) is 0 Å². The number of primary amides is 1. The first-order valence-corrected chi connectivity index (χ1v) is 10.5. The highest BCUT2D eigenvalue weighted by Crippen LogP contribution is 2.41. The van der Waals surface area contributed by atoms with Crippen LogP contribution in [0.2, 0.25) is 0 Å². The fourth-order valence-electron chi connectivity index (χ4n) is 4.13. The van der Waals surface area contributed by atoms with E-state index in [1.165, 1.54) is 17.0 Å². The number of anilines is 1. The van der Waals surface area contributed by atoms with Gasteiger partial charge in [-0.05, 0) is 55.0 Å². The Labute approximate surface area is 193 Å². The number of aryl methyl sites for hydroxylation is 1. The van der Waals surface area contributed by atoms with Crippen LogP contribution in [0.15, 0.2) is 75.9 Å². The number of rotatable bonds is 5. The summed E-state index contributed by atoms with van der Waals surface area (Å²) in [7, 11) is 0. The Kier molecular flexibility index (Phi) is 5.13. The summed E-state index contributed by atoms with van der Waals surface area (Å²) in [5.74, 6) is -1.33. The monoisotopic (exact) mass is 458 g/mol. The maximum absolute atomic E-state index is 13.9. The average Bonchev–Trinajstić information content (AvgIpc) is 3.11. The van der Waals surface area contributed by atoms with Gasteiger partial charge in [-0.1, -0.05) is 29.8 Å². The Balaban J connectivity index is 1.69. The van der Waals surface area contributed by atoms with Gasteiger partial charge in [0.1, 0.15) is 17.1 Å². The maximum atomic E-state index is 13.9. The van der Waals surface area contributed by atoms with Gasteiger partial charge in [-0.3, -0.25) is 19.3 Å². The highest BCUT2D eigenvalue weighted by Gasteiger charge is 2.43. The molecular weight excluding hydrogens is 439 g/mol. The van der Waals surface area contributed by atoms with Crippen molar-refractivity contribution in [2.75, 3.05) is 11.5 Å². The van der Waals surface area contributed by atoms with Crippen molar-refractivity contribution in [3.8, 4) is 5.75 Å². The first-order chi connectivity index (χ1) is 16.3. The first kappa shape index (κ1) is 21.4. The van der Waals surface area contributed by atoms with Crippen molar-refractivity contribution in [1.29, 1.82) is 0 Å². The smallest absolute Gasteiger partial charge is 0.295 e. The molecule has 2 heterocycles. The second-order valence-electron chi connectivity index (χ2n) is 8.05. The van der Waals surface area contributed by atoms with Crippen LogP contribution in [0, 0.1) is 12.7 Å². The lowest BCUT2D eigenvalue weighted by atomic mass is 9.98. The summed E-state index contributed by atoms with van der Waals surface area (Å²) in [5, 5.41) is 0.0590. The van der Waals surface area contributed by atoms with Gasteiger partial charge in [0.25, 0.3) is 11.8 Å². The number of benzene rings is 3. The third-order valence-electron chi connectivity index (χ3n) is 5.72. The van der Waals surface area contributed by atoms with Crippen molar-refractivity contribution in [2.24, 2.45) is 5.73 Å². The zero-order chi connectivity index (χ0) is 24.0. The number of ether oxygens (including phenoxy) is 1. The minimum Gasteiger partial charge on any atom is -0.484 e. The Morgan fingerprint density at radius 3 is 2.44 bits per heavy atom.